The molecular weight excluding hydrogens is 98.1 g/mol. The standard InChI is InChI=1S/C7H9N/c1-6-3-4-8-7(2)5-6/h3-5H,1-2H3/i1D3. The van der Waals surface area contributed by atoms with E-state index in [1.54, 1.807) is 13.0 Å². The molecule has 0 aliphatic heterocycles. The molecule has 1 nitrogen and oxygen atoms in total. The van der Waals surface area contributed by atoms with Crippen molar-refractivity contribution >= 4 is 0 Å². The minimum atomic E-state index is -2.01. The molecule has 1 aromatic rings. The molecular formula is C7H9N. The predicted octanol–water partition coefficient (Wildman–Crippen LogP) is 1.70. The highest BCUT2D eigenvalue weighted by Gasteiger charge is 1.82. The second kappa shape index (κ2) is 1.95. The largest absolute Gasteiger partial charge is 0.262 e. The third-order valence-corrected chi connectivity index (χ3v) is 0.897. The van der Waals surface area contributed by atoms with Crippen LogP contribution in [0, 0.1) is 13.8 Å². The molecule has 0 unspecified atom stereocenters. The Hall–Kier alpha value is -0.850. The van der Waals surface area contributed by atoms with Gasteiger partial charge in [0.1, 0.15) is 0 Å². The van der Waals surface area contributed by atoms with Crippen molar-refractivity contribution in [2.45, 2.75) is 13.8 Å². The maximum atomic E-state index is 7.08. The van der Waals surface area contributed by atoms with Crippen LogP contribution in [0.2, 0.25) is 0 Å². The van der Waals surface area contributed by atoms with Crippen LogP contribution in [0.5, 0.6) is 0 Å². The Morgan fingerprint density at radius 1 is 1.75 bits per heavy atom. The Kier molecular flexibility index (Phi) is 0.639. The molecule has 42 valence electrons. The van der Waals surface area contributed by atoms with Crippen LogP contribution in [0.15, 0.2) is 18.3 Å². The topological polar surface area (TPSA) is 12.9 Å². The van der Waals surface area contributed by atoms with Crippen LogP contribution in [0.25, 0.3) is 0 Å². The third kappa shape index (κ3) is 1.06. The molecule has 0 spiro atoms. The average molecular weight is 110 g/mol. The highest BCUT2D eigenvalue weighted by molar-refractivity contribution is 5.12. The van der Waals surface area contributed by atoms with Gasteiger partial charge in [0, 0.05) is 16.0 Å². The quantitative estimate of drug-likeness (QED) is 0.495. The van der Waals surface area contributed by atoms with Crippen molar-refractivity contribution in [3.05, 3.63) is 29.6 Å². The van der Waals surface area contributed by atoms with Gasteiger partial charge < -0.3 is 0 Å². The Balaban J connectivity index is 3.06. The van der Waals surface area contributed by atoms with Crippen LogP contribution in [-0.4, -0.2) is 4.98 Å². The van der Waals surface area contributed by atoms with E-state index >= 15 is 0 Å². The summed E-state index contributed by atoms with van der Waals surface area (Å²) < 4.78 is 21.2. The second-order valence-electron chi connectivity index (χ2n) is 1.69. The Labute approximate surface area is 53.6 Å². The van der Waals surface area contributed by atoms with E-state index in [0.29, 0.717) is 5.56 Å². The lowest BCUT2D eigenvalue weighted by Gasteiger charge is -1.90. The van der Waals surface area contributed by atoms with Crippen molar-refractivity contribution in [2.75, 3.05) is 0 Å². The number of pyridine rings is 1. The van der Waals surface area contributed by atoms with Gasteiger partial charge in [0.05, 0.1) is 0 Å². The van der Waals surface area contributed by atoms with E-state index in [-0.39, 0.29) is 0 Å². The lowest BCUT2D eigenvalue weighted by atomic mass is 10.3. The van der Waals surface area contributed by atoms with Crippen molar-refractivity contribution in [1.29, 1.82) is 0 Å². The minimum Gasteiger partial charge on any atom is -0.262 e. The number of hydrogen-bond acceptors (Lipinski definition) is 1. The first kappa shape index (κ1) is 2.62. The minimum absolute atomic E-state index is 0.352. The van der Waals surface area contributed by atoms with Gasteiger partial charge >= 0.3 is 0 Å². The Morgan fingerprint density at radius 3 is 3.12 bits per heavy atom. The summed E-state index contributed by atoms with van der Waals surface area (Å²) in [6.45, 7) is -0.233. The van der Waals surface area contributed by atoms with Crippen LogP contribution in [0.3, 0.4) is 0 Å². The number of aromatic nitrogens is 1. The number of nitrogens with zero attached hydrogens (tertiary/aromatic N) is 1. The van der Waals surface area contributed by atoms with Crippen LogP contribution < -0.4 is 0 Å². The second-order valence-corrected chi connectivity index (χ2v) is 1.69. The summed E-state index contributed by atoms with van der Waals surface area (Å²) in [6.07, 6.45) is 1.51. The highest BCUT2D eigenvalue weighted by Crippen LogP contribution is 1.95. The summed E-state index contributed by atoms with van der Waals surface area (Å²) in [5.41, 5.74) is 1.09. The molecule has 0 N–H and O–H groups in total. The molecule has 1 rings (SSSR count). The first-order valence-corrected chi connectivity index (χ1v) is 2.43. The predicted molar refractivity (Wildman–Crippen MR) is 33.7 cm³/mol. The molecule has 0 aromatic carbocycles. The molecule has 0 saturated heterocycles. The van der Waals surface area contributed by atoms with Crippen molar-refractivity contribution < 1.29 is 4.11 Å². The zero-order valence-corrected chi connectivity index (χ0v) is 4.68. The molecule has 0 bridgehead atoms. The van der Waals surface area contributed by atoms with Crippen molar-refractivity contribution in [3.63, 3.8) is 0 Å². The third-order valence-electron chi connectivity index (χ3n) is 0.897. The van der Waals surface area contributed by atoms with Crippen LogP contribution in [0.4, 0.5) is 0 Å². The SMILES string of the molecule is [2H]C([2H])([2H])c1ccnc(C)c1. The smallest absolute Gasteiger partial charge is 0.0375 e. The molecule has 1 heteroatoms. The van der Waals surface area contributed by atoms with Gasteiger partial charge in [0.2, 0.25) is 0 Å². The summed E-state index contributed by atoms with van der Waals surface area (Å²) in [5.74, 6) is 0. The fraction of sp³-hybridized carbons (Fsp3) is 0.286. The van der Waals surface area contributed by atoms with E-state index in [1.807, 2.05) is 0 Å². The maximum absolute atomic E-state index is 7.08. The molecule has 0 atom stereocenters. The summed E-state index contributed by atoms with van der Waals surface area (Å²) in [7, 11) is 0. The van der Waals surface area contributed by atoms with Crippen LogP contribution >= 0.6 is 0 Å². The fourth-order valence-corrected chi connectivity index (χ4v) is 0.546. The van der Waals surface area contributed by atoms with Gasteiger partial charge in [-0.25, -0.2) is 0 Å². The van der Waals surface area contributed by atoms with Crippen molar-refractivity contribution in [3.8, 4) is 0 Å². The number of aryl methyl sites for hydroxylation is 2. The van der Waals surface area contributed by atoms with Gasteiger partial charge in [0.25, 0.3) is 0 Å². The molecule has 0 radical (unpaired) electrons. The van der Waals surface area contributed by atoms with E-state index in [1.165, 1.54) is 12.3 Å². The first-order chi connectivity index (χ1) is 5.00. The molecule has 0 aliphatic carbocycles. The summed E-state index contributed by atoms with van der Waals surface area (Å²) in [4.78, 5) is 3.90. The van der Waals surface area contributed by atoms with Gasteiger partial charge in [-0.1, -0.05) is 0 Å². The first-order valence-electron chi connectivity index (χ1n) is 3.93. The van der Waals surface area contributed by atoms with Gasteiger partial charge in [0.15, 0.2) is 0 Å². The van der Waals surface area contributed by atoms with E-state index < -0.39 is 6.85 Å². The monoisotopic (exact) mass is 110 g/mol. The van der Waals surface area contributed by atoms with Crippen molar-refractivity contribution in [1.82, 2.24) is 4.98 Å². The van der Waals surface area contributed by atoms with Crippen molar-refractivity contribution in [2.24, 2.45) is 0 Å². The van der Waals surface area contributed by atoms with Gasteiger partial charge in [-0.3, -0.25) is 4.98 Å². The van der Waals surface area contributed by atoms with Gasteiger partial charge in [-0.15, -0.1) is 0 Å². The summed E-state index contributed by atoms with van der Waals surface area (Å²) in [6, 6.07) is 3.09. The lowest BCUT2D eigenvalue weighted by Crippen LogP contribution is -1.78. The molecule has 8 heavy (non-hydrogen) atoms. The zero-order valence-electron chi connectivity index (χ0n) is 7.68. The molecule has 1 heterocycles. The Bertz CT molecular complexity index is 254. The summed E-state index contributed by atoms with van der Waals surface area (Å²) in [5, 5.41) is 0. The van der Waals surface area contributed by atoms with Gasteiger partial charge in [-0.05, 0) is 31.5 Å². The number of rotatable bonds is 0. The average Bonchev–Trinajstić information content (AvgIpc) is 1.86. The molecule has 0 aliphatic rings. The molecule has 0 amide bonds. The Morgan fingerprint density at radius 2 is 2.62 bits per heavy atom. The number of hydrogen-bond donors (Lipinski definition) is 0. The highest BCUT2D eigenvalue weighted by atomic mass is 14.6. The zero-order chi connectivity index (χ0) is 8.48. The van der Waals surface area contributed by atoms with E-state index in [0.717, 1.165) is 5.69 Å². The summed E-state index contributed by atoms with van der Waals surface area (Å²) >= 11 is 0. The van der Waals surface area contributed by atoms with E-state index in [9.17, 15) is 0 Å². The molecule has 1 aromatic heterocycles. The maximum Gasteiger partial charge on any atom is 0.0375 e. The van der Waals surface area contributed by atoms with Crippen LogP contribution in [0.1, 0.15) is 15.4 Å². The normalized spacial score (nSPS) is 16.4. The lowest BCUT2D eigenvalue weighted by molar-refractivity contribution is 1.18. The fourth-order valence-electron chi connectivity index (χ4n) is 0.546. The van der Waals surface area contributed by atoms with Gasteiger partial charge in [-0.2, -0.15) is 0 Å². The molecule has 0 saturated carbocycles. The van der Waals surface area contributed by atoms with E-state index in [4.69, 9.17) is 4.11 Å². The molecule has 0 fully saturated rings. The van der Waals surface area contributed by atoms with E-state index in [2.05, 4.69) is 4.98 Å². The van der Waals surface area contributed by atoms with Crippen LogP contribution in [-0.2, 0) is 0 Å².